The quantitative estimate of drug-likeness (QED) is 0.764. The molecular weight excluding hydrogens is 268 g/mol. The second-order valence-electron chi connectivity index (χ2n) is 6.69. The van der Waals surface area contributed by atoms with E-state index in [0.717, 1.165) is 32.4 Å². The Morgan fingerprint density at radius 2 is 1.76 bits per heavy atom. The van der Waals surface area contributed by atoms with Crippen molar-refractivity contribution in [2.24, 2.45) is 11.8 Å². The molecule has 0 aliphatic heterocycles. The zero-order valence-electron chi connectivity index (χ0n) is 13.2. The average Bonchev–Trinajstić information content (AvgIpc) is 2.64. The highest BCUT2D eigenvalue weighted by molar-refractivity contribution is 5.25. The molecule has 3 heteroatoms. The van der Waals surface area contributed by atoms with Crippen LogP contribution in [0.2, 0.25) is 0 Å². The van der Waals surface area contributed by atoms with Gasteiger partial charge in [0.05, 0.1) is 0 Å². The minimum Gasteiger partial charge on any atom is -0.316 e. The van der Waals surface area contributed by atoms with Crippen LogP contribution in [0.25, 0.3) is 0 Å². The predicted octanol–water partition coefficient (Wildman–Crippen LogP) is 4.87. The molecule has 0 saturated heterocycles. The zero-order valence-corrected chi connectivity index (χ0v) is 13.2. The van der Waals surface area contributed by atoms with Gasteiger partial charge in [-0.05, 0) is 55.8 Å². The first-order valence-corrected chi connectivity index (χ1v) is 8.24. The van der Waals surface area contributed by atoms with Gasteiger partial charge in [-0.2, -0.15) is 0 Å². The SMILES string of the molecule is CC(C)CNCC1CCCCCC1c1c(F)cccc1F. The van der Waals surface area contributed by atoms with Crippen LogP contribution in [0, 0.1) is 23.5 Å². The monoisotopic (exact) mass is 295 g/mol. The average molecular weight is 295 g/mol. The highest BCUT2D eigenvalue weighted by Crippen LogP contribution is 2.38. The highest BCUT2D eigenvalue weighted by Gasteiger charge is 2.29. The molecule has 0 spiro atoms. The minimum atomic E-state index is -0.379. The molecule has 1 saturated carbocycles. The fourth-order valence-corrected chi connectivity index (χ4v) is 3.43. The van der Waals surface area contributed by atoms with Gasteiger partial charge in [0.2, 0.25) is 0 Å². The van der Waals surface area contributed by atoms with E-state index in [1.807, 2.05) is 0 Å². The fourth-order valence-electron chi connectivity index (χ4n) is 3.43. The lowest BCUT2D eigenvalue weighted by atomic mass is 9.81. The van der Waals surface area contributed by atoms with Crippen molar-refractivity contribution < 1.29 is 8.78 Å². The summed E-state index contributed by atoms with van der Waals surface area (Å²) < 4.78 is 28.3. The summed E-state index contributed by atoms with van der Waals surface area (Å²) in [5.41, 5.74) is 0.316. The van der Waals surface area contributed by atoms with Crippen LogP contribution >= 0.6 is 0 Å². The Labute approximate surface area is 127 Å². The third kappa shape index (κ3) is 4.50. The Hall–Kier alpha value is -0.960. The summed E-state index contributed by atoms with van der Waals surface area (Å²) >= 11 is 0. The standard InChI is InChI=1S/C18H27F2N/c1-13(2)11-21-12-14-7-4-3-5-8-15(14)18-16(19)9-6-10-17(18)20/h6,9-10,13-15,21H,3-5,7-8,11-12H2,1-2H3. The van der Waals surface area contributed by atoms with Gasteiger partial charge >= 0.3 is 0 Å². The van der Waals surface area contributed by atoms with E-state index >= 15 is 0 Å². The summed E-state index contributed by atoms with van der Waals surface area (Å²) in [6.45, 7) is 6.17. The van der Waals surface area contributed by atoms with Gasteiger partial charge in [-0.3, -0.25) is 0 Å². The fraction of sp³-hybridized carbons (Fsp3) is 0.667. The Bertz CT molecular complexity index is 425. The molecule has 1 aliphatic rings. The van der Waals surface area contributed by atoms with Crippen molar-refractivity contribution in [1.82, 2.24) is 5.32 Å². The molecule has 1 fully saturated rings. The van der Waals surface area contributed by atoms with Crippen LogP contribution < -0.4 is 5.32 Å². The van der Waals surface area contributed by atoms with Crippen molar-refractivity contribution in [3.05, 3.63) is 35.4 Å². The van der Waals surface area contributed by atoms with Gasteiger partial charge < -0.3 is 5.32 Å². The highest BCUT2D eigenvalue weighted by atomic mass is 19.1. The molecule has 1 N–H and O–H groups in total. The first kappa shape index (κ1) is 16.4. The van der Waals surface area contributed by atoms with Crippen LogP contribution in [-0.2, 0) is 0 Å². The van der Waals surface area contributed by atoms with E-state index in [1.165, 1.54) is 31.0 Å². The zero-order chi connectivity index (χ0) is 15.2. The molecule has 1 aliphatic carbocycles. The summed E-state index contributed by atoms with van der Waals surface area (Å²) in [5, 5.41) is 3.48. The van der Waals surface area contributed by atoms with Gasteiger partial charge in [-0.25, -0.2) is 8.78 Å². The van der Waals surface area contributed by atoms with Gasteiger partial charge in [0.25, 0.3) is 0 Å². The molecule has 118 valence electrons. The molecule has 0 aromatic heterocycles. The maximum Gasteiger partial charge on any atom is 0.129 e. The van der Waals surface area contributed by atoms with Gasteiger partial charge in [0, 0.05) is 5.56 Å². The van der Waals surface area contributed by atoms with Crippen LogP contribution in [0.3, 0.4) is 0 Å². The number of rotatable bonds is 5. The lowest BCUT2D eigenvalue weighted by molar-refractivity contribution is 0.349. The predicted molar refractivity (Wildman–Crippen MR) is 83.4 cm³/mol. The summed E-state index contributed by atoms with van der Waals surface area (Å²) in [6.07, 6.45) is 5.36. The van der Waals surface area contributed by atoms with Crippen molar-refractivity contribution in [2.75, 3.05) is 13.1 Å². The summed E-state index contributed by atoms with van der Waals surface area (Å²) in [5.74, 6) is 0.178. The number of nitrogens with one attached hydrogen (secondary N) is 1. The molecule has 0 heterocycles. The van der Waals surface area contributed by atoms with Gasteiger partial charge in [0.1, 0.15) is 11.6 Å². The lowest BCUT2D eigenvalue weighted by Gasteiger charge is -2.27. The van der Waals surface area contributed by atoms with Crippen LogP contribution in [-0.4, -0.2) is 13.1 Å². The topological polar surface area (TPSA) is 12.0 Å². The van der Waals surface area contributed by atoms with Gasteiger partial charge in [-0.1, -0.05) is 39.2 Å². The Kier molecular flexibility index (Phi) is 6.16. The molecule has 2 rings (SSSR count). The van der Waals surface area contributed by atoms with E-state index in [4.69, 9.17) is 0 Å². The van der Waals surface area contributed by atoms with Crippen molar-refractivity contribution in [1.29, 1.82) is 0 Å². The van der Waals surface area contributed by atoms with E-state index in [1.54, 1.807) is 0 Å². The van der Waals surface area contributed by atoms with E-state index in [-0.39, 0.29) is 17.6 Å². The lowest BCUT2D eigenvalue weighted by Crippen LogP contribution is -2.30. The van der Waals surface area contributed by atoms with E-state index < -0.39 is 0 Å². The Morgan fingerprint density at radius 3 is 2.43 bits per heavy atom. The number of hydrogen-bond acceptors (Lipinski definition) is 1. The molecule has 2 unspecified atom stereocenters. The maximum atomic E-state index is 14.1. The molecule has 0 bridgehead atoms. The Balaban J connectivity index is 2.15. The van der Waals surface area contributed by atoms with Crippen molar-refractivity contribution in [2.45, 2.75) is 51.9 Å². The number of benzene rings is 1. The van der Waals surface area contributed by atoms with Crippen molar-refractivity contribution in [3.8, 4) is 0 Å². The van der Waals surface area contributed by atoms with Crippen molar-refractivity contribution in [3.63, 3.8) is 0 Å². The summed E-state index contributed by atoms with van der Waals surface area (Å²) in [7, 11) is 0. The minimum absolute atomic E-state index is 0.00774. The molecule has 1 aromatic rings. The molecule has 0 radical (unpaired) electrons. The summed E-state index contributed by atoms with van der Waals surface area (Å²) in [6, 6.07) is 4.24. The van der Waals surface area contributed by atoms with Crippen LogP contribution in [0.15, 0.2) is 18.2 Å². The van der Waals surface area contributed by atoms with E-state index in [9.17, 15) is 8.78 Å². The first-order valence-electron chi connectivity index (χ1n) is 8.24. The second kappa shape index (κ2) is 7.88. The third-order valence-electron chi connectivity index (χ3n) is 4.49. The smallest absolute Gasteiger partial charge is 0.129 e. The van der Waals surface area contributed by atoms with E-state index in [2.05, 4.69) is 19.2 Å². The molecule has 21 heavy (non-hydrogen) atoms. The number of halogens is 2. The molecule has 2 atom stereocenters. The first-order chi connectivity index (χ1) is 10.1. The van der Waals surface area contributed by atoms with Crippen molar-refractivity contribution >= 4 is 0 Å². The van der Waals surface area contributed by atoms with Crippen LogP contribution in [0.5, 0.6) is 0 Å². The molecule has 0 amide bonds. The van der Waals surface area contributed by atoms with Crippen LogP contribution in [0.4, 0.5) is 8.78 Å². The van der Waals surface area contributed by atoms with Crippen LogP contribution in [0.1, 0.15) is 57.4 Å². The third-order valence-corrected chi connectivity index (χ3v) is 4.49. The largest absolute Gasteiger partial charge is 0.316 e. The van der Waals surface area contributed by atoms with E-state index in [0.29, 0.717) is 17.4 Å². The molecular formula is C18H27F2N. The molecule has 1 aromatic carbocycles. The Morgan fingerprint density at radius 1 is 1.10 bits per heavy atom. The normalized spacial score (nSPS) is 23.3. The van der Waals surface area contributed by atoms with Gasteiger partial charge in [-0.15, -0.1) is 0 Å². The molecule has 1 nitrogen and oxygen atoms in total. The van der Waals surface area contributed by atoms with Gasteiger partial charge in [0.15, 0.2) is 0 Å². The number of hydrogen-bond donors (Lipinski definition) is 1. The second-order valence-corrected chi connectivity index (χ2v) is 6.69. The maximum absolute atomic E-state index is 14.1. The summed E-state index contributed by atoms with van der Waals surface area (Å²) in [4.78, 5) is 0.